The van der Waals surface area contributed by atoms with E-state index in [0.717, 1.165) is 0 Å². The normalized spacial score (nSPS) is 10.7. The summed E-state index contributed by atoms with van der Waals surface area (Å²) in [6, 6.07) is 7.41. The van der Waals surface area contributed by atoms with Crippen LogP contribution in [0.15, 0.2) is 41.6 Å². The van der Waals surface area contributed by atoms with E-state index in [2.05, 4.69) is 10.3 Å². The molecule has 0 saturated carbocycles. The van der Waals surface area contributed by atoms with Gasteiger partial charge in [0.25, 0.3) is 17.6 Å². The van der Waals surface area contributed by atoms with E-state index < -0.39 is 11.7 Å². The van der Waals surface area contributed by atoms with Crippen LogP contribution in [0.1, 0.15) is 34.6 Å². The van der Waals surface area contributed by atoms with Crippen LogP contribution in [0.3, 0.4) is 0 Å². The lowest BCUT2D eigenvalue weighted by Crippen LogP contribution is -2.30. The van der Waals surface area contributed by atoms with Crippen LogP contribution in [0.5, 0.6) is 0 Å². The van der Waals surface area contributed by atoms with Crippen molar-refractivity contribution in [3.05, 3.63) is 52.7 Å². The fourth-order valence-corrected chi connectivity index (χ4v) is 3.23. The van der Waals surface area contributed by atoms with Crippen LogP contribution in [0, 0.1) is 0 Å². The van der Waals surface area contributed by atoms with Crippen molar-refractivity contribution in [3.8, 4) is 0 Å². The predicted octanol–water partition coefficient (Wildman–Crippen LogP) is 4.78. The van der Waals surface area contributed by atoms with E-state index in [-0.39, 0.29) is 33.3 Å². The van der Waals surface area contributed by atoms with E-state index >= 15 is 0 Å². The molecule has 0 atom stereocenters. The second-order valence-corrected chi connectivity index (χ2v) is 6.75. The monoisotopic (exact) mass is 413 g/mol. The summed E-state index contributed by atoms with van der Waals surface area (Å²) in [6.45, 7) is 4.84. The van der Waals surface area contributed by atoms with Crippen molar-refractivity contribution < 1.29 is 18.4 Å². The van der Waals surface area contributed by atoms with Gasteiger partial charge in [-0.25, -0.2) is 4.98 Å². The zero-order valence-corrected chi connectivity index (χ0v) is 16.3. The Hall–Kier alpha value is -2.19. The number of anilines is 1. The third kappa shape index (κ3) is 5.40. The van der Waals surface area contributed by atoms with Crippen molar-refractivity contribution in [2.24, 2.45) is 0 Å². The maximum Gasteiger partial charge on any atom is 0.290 e. The zero-order valence-electron chi connectivity index (χ0n) is 14.7. The molecule has 2 aromatic rings. The molecule has 0 aliphatic carbocycles. The highest BCUT2D eigenvalue weighted by molar-refractivity contribution is 7.99. The summed E-state index contributed by atoms with van der Waals surface area (Å²) >= 11 is 6.40. The van der Waals surface area contributed by atoms with Crippen LogP contribution >= 0.6 is 23.4 Å². The second kappa shape index (κ2) is 9.66. The average Bonchev–Trinajstić information content (AvgIpc) is 2.62. The zero-order chi connectivity index (χ0) is 20.0. The van der Waals surface area contributed by atoms with Crippen molar-refractivity contribution in [2.75, 3.05) is 18.4 Å². The van der Waals surface area contributed by atoms with Crippen LogP contribution in [-0.2, 0) is 0 Å². The SMILES string of the molecule is CCN(CC)C(=O)c1ccc(NC(=O)c2cccnc2SC(F)F)cc1Cl. The molecule has 27 heavy (non-hydrogen) atoms. The molecule has 1 aromatic carbocycles. The minimum atomic E-state index is -2.69. The number of carbonyl (C=O) groups is 2. The highest BCUT2D eigenvalue weighted by atomic mass is 35.5. The summed E-state index contributed by atoms with van der Waals surface area (Å²) in [5, 5.41) is 2.72. The van der Waals surface area contributed by atoms with Gasteiger partial charge in [0.1, 0.15) is 5.03 Å². The molecule has 1 N–H and O–H groups in total. The highest BCUT2D eigenvalue weighted by Gasteiger charge is 2.19. The van der Waals surface area contributed by atoms with Gasteiger partial charge in [-0.15, -0.1) is 0 Å². The lowest BCUT2D eigenvalue weighted by molar-refractivity contribution is 0.0773. The van der Waals surface area contributed by atoms with Gasteiger partial charge in [-0.1, -0.05) is 11.6 Å². The van der Waals surface area contributed by atoms with Gasteiger partial charge in [0, 0.05) is 25.0 Å². The Morgan fingerprint density at radius 2 is 1.93 bits per heavy atom. The number of thioether (sulfide) groups is 1. The van der Waals surface area contributed by atoms with E-state index in [4.69, 9.17) is 11.6 Å². The first-order valence-electron chi connectivity index (χ1n) is 8.17. The molecule has 0 unspecified atom stereocenters. The number of amides is 2. The topological polar surface area (TPSA) is 62.3 Å². The van der Waals surface area contributed by atoms with E-state index in [1.54, 1.807) is 4.90 Å². The molecule has 9 heteroatoms. The summed E-state index contributed by atoms with van der Waals surface area (Å²) in [4.78, 5) is 30.3. The summed E-state index contributed by atoms with van der Waals surface area (Å²) in [7, 11) is 0. The first kappa shape index (κ1) is 21.1. The van der Waals surface area contributed by atoms with E-state index in [1.807, 2.05) is 13.8 Å². The van der Waals surface area contributed by atoms with Gasteiger partial charge in [-0.05, 0) is 55.9 Å². The molecular weight excluding hydrogens is 396 g/mol. The number of hydrogen-bond donors (Lipinski definition) is 1. The fourth-order valence-electron chi connectivity index (χ4n) is 2.39. The number of nitrogens with one attached hydrogen (secondary N) is 1. The number of benzene rings is 1. The van der Waals surface area contributed by atoms with Crippen LogP contribution in [0.25, 0.3) is 0 Å². The molecule has 1 aromatic heterocycles. The Bertz CT molecular complexity index is 832. The first-order valence-corrected chi connectivity index (χ1v) is 9.43. The first-order chi connectivity index (χ1) is 12.9. The predicted molar refractivity (Wildman–Crippen MR) is 103 cm³/mol. The smallest absolute Gasteiger partial charge is 0.290 e. The van der Waals surface area contributed by atoms with Crippen LogP contribution < -0.4 is 5.32 Å². The minimum absolute atomic E-state index is 0.0298. The molecule has 0 aliphatic rings. The van der Waals surface area contributed by atoms with Crippen molar-refractivity contribution in [1.82, 2.24) is 9.88 Å². The Morgan fingerprint density at radius 3 is 2.52 bits per heavy atom. The van der Waals surface area contributed by atoms with E-state index in [0.29, 0.717) is 24.3 Å². The maximum absolute atomic E-state index is 12.6. The second-order valence-electron chi connectivity index (χ2n) is 5.36. The summed E-state index contributed by atoms with van der Waals surface area (Å²) in [5.74, 6) is -3.48. The molecule has 0 fully saturated rings. The van der Waals surface area contributed by atoms with Crippen LogP contribution in [0.2, 0.25) is 5.02 Å². The standard InChI is InChI=1S/C18H18ClF2N3O2S/c1-3-24(4-2)17(26)12-8-7-11(10-14(12)19)23-15(25)13-6-5-9-22-16(13)27-18(20)21/h5-10,18H,3-4H2,1-2H3,(H,23,25). The average molecular weight is 414 g/mol. The Kier molecular flexibility index (Phi) is 7.55. The Morgan fingerprint density at radius 1 is 1.22 bits per heavy atom. The third-order valence-electron chi connectivity index (χ3n) is 3.72. The number of rotatable bonds is 7. The van der Waals surface area contributed by atoms with Gasteiger partial charge in [-0.3, -0.25) is 9.59 Å². The molecule has 0 radical (unpaired) electrons. The molecule has 0 saturated heterocycles. The van der Waals surface area contributed by atoms with Gasteiger partial charge in [0.2, 0.25) is 0 Å². The lowest BCUT2D eigenvalue weighted by atomic mass is 10.1. The maximum atomic E-state index is 12.6. The largest absolute Gasteiger partial charge is 0.339 e. The van der Waals surface area contributed by atoms with Crippen LogP contribution in [-0.4, -0.2) is 40.5 Å². The van der Waals surface area contributed by atoms with Crippen molar-refractivity contribution >= 4 is 40.9 Å². The van der Waals surface area contributed by atoms with Crippen molar-refractivity contribution in [2.45, 2.75) is 24.6 Å². The molecule has 0 aliphatic heterocycles. The summed E-state index contributed by atoms with van der Waals surface area (Å²) in [5.41, 5.74) is 0.703. The summed E-state index contributed by atoms with van der Waals surface area (Å²) in [6.07, 6.45) is 1.34. The van der Waals surface area contributed by atoms with Gasteiger partial charge in [-0.2, -0.15) is 8.78 Å². The Labute approximate surface area is 165 Å². The third-order valence-corrected chi connectivity index (χ3v) is 4.76. The number of hydrogen-bond acceptors (Lipinski definition) is 4. The van der Waals surface area contributed by atoms with E-state index in [1.165, 1.54) is 36.5 Å². The molecular formula is C18H18ClF2N3O2S. The van der Waals surface area contributed by atoms with E-state index in [9.17, 15) is 18.4 Å². The Balaban J connectivity index is 2.20. The van der Waals surface area contributed by atoms with Crippen molar-refractivity contribution in [1.29, 1.82) is 0 Å². The molecule has 2 rings (SSSR count). The van der Waals surface area contributed by atoms with Gasteiger partial charge < -0.3 is 10.2 Å². The fraction of sp³-hybridized carbons (Fsp3) is 0.278. The molecule has 2 amide bonds. The minimum Gasteiger partial charge on any atom is -0.339 e. The molecule has 1 heterocycles. The molecule has 144 valence electrons. The lowest BCUT2D eigenvalue weighted by Gasteiger charge is -2.19. The number of alkyl halides is 2. The number of aromatic nitrogens is 1. The highest BCUT2D eigenvalue weighted by Crippen LogP contribution is 2.28. The number of pyridine rings is 1. The molecule has 0 bridgehead atoms. The van der Waals surface area contributed by atoms with Gasteiger partial charge in [0.15, 0.2) is 0 Å². The number of nitrogens with zero attached hydrogens (tertiary/aromatic N) is 2. The quantitative estimate of drug-likeness (QED) is 0.663. The summed E-state index contributed by atoms with van der Waals surface area (Å²) < 4.78 is 25.3. The molecule has 5 nitrogen and oxygen atoms in total. The number of carbonyl (C=O) groups excluding carboxylic acids is 2. The van der Waals surface area contributed by atoms with Gasteiger partial charge >= 0.3 is 0 Å². The van der Waals surface area contributed by atoms with Crippen molar-refractivity contribution in [3.63, 3.8) is 0 Å². The van der Waals surface area contributed by atoms with Gasteiger partial charge in [0.05, 0.1) is 16.1 Å². The molecule has 0 spiro atoms. The van der Waals surface area contributed by atoms with Crippen LogP contribution in [0.4, 0.5) is 14.5 Å². The number of halogens is 3.